The lowest BCUT2D eigenvalue weighted by Gasteiger charge is -2.30. The number of aromatic nitrogens is 2. The molecule has 124 valence electrons. The first-order chi connectivity index (χ1) is 11.0. The number of likely N-dealkylation sites (tertiary alicyclic amines) is 1. The van der Waals surface area contributed by atoms with Crippen LogP contribution in [0.2, 0.25) is 0 Å². The molecule has 1 fully saturated rings. The Balaban J connectivity index is 1.84. The van der Waals surface area contributed by atoms with Gasteiger partial charge in [-0.2, -0.15) is 0 Å². The third kappa shape index (κ3) is 3.55. The van der Waals surface area contributed by atoms with Gasteiger partial charge >= 0.3 is 0 Å². The molecule has 1 aromatic carbocycles. The Labute approximate surface area is 137 Å². The summed E-state index contributed by atoms with van der Waals surface area (Å²) < 4.78 is 2.08. The summed E-state index contributed by atoms with van der Waals surface area (Å²) in [5.74, 6) is 1.90. The maximum Gasteiger partial charge on any atom is 0.242 e. The molecule has 1 aliphatic rings. The fraction of sp³-hybridized carbons (Fsp3) is 0.556. The van der Waals surface area contributed by atoms with Crippen molar-refractivity contribution in [1.29, 1.82) is 0 Å². The van der Waals surface area contributed by atoms with Gasteiger partial charge in [-0.05, 0) is 45.0 Å². The van der Waals surface area contributed by atoms with Gasteiger partial charge in [-0.3, -0.25) is 4.79 Å². The van der Waals surface area contributed by atoms with Gasteiger partial charge in [-0.1, -0.05) is 19.1 Å². The number of hydrogen-bond donors (Lipinski definition) is 0. The molecule has 5 heteroatoms. The minimum atomic E-state index is 0.208. The van der Waals surface area contributed by atoms with Crippen molar-refractivity contribution in [3.8, 4) is 0 Å². The van der Waals surface area contributed by atoms with E-state index in [0.29, 0.717) is 6.54 Å². The minimum Gasteiger partial charge on any atom is -0.341 e. The number of carbonyl (C=O) groups is 1. The smallest absolute Gasteiger partial charge is 0.242 e. The molecular weight excluding hydrogens is 288 g/mol. The summed E-state index contributed by atoms with van der Waals surface area (Å²) >= 11 is 0. The molecule has 0 bridgehead atoms. The van der Waals surface area contributed by atoms with E-state index in [1.54, 1.807) is 0 Å². The van der Waals surface area contributed by atoms with E-state index in [1.165, 1.54) is 0 Å². The van der Waals surface area contributed by atoms with Crippen molar-refractivity contribution in [2.75, 3.05) is 27.2 Å². The van der Waals surface area contributed by atoms with Crippen LogP contribution in [0.5, 0.6) is 0 Å². The van der Waals surface area contributed by atoms with Gasteiger partial charge in [0, 0.05) is 13.1 Å². The molecule has 1 amide bonds. The minimum absolute atomic E-state index is 0.208. The monoisotopic (exact) mass is 314 g/mol. The zero-order valence-electron chi connectivity index (χ0n) is 14.3. The van der Waals surface area contributed by atoms with Crippen molar-refractivity contribution in [2.24, 2.45) is 5.92 Å². The summed E-state index contributed by atoms with van der Waals surface area (Å²) in [6, 6.07) is 8.06. The number of carbonyl (C=O) groups excluding carboxylic acids is 1. The predicted molar refractivity (Wildman–Crippen MR) is 92.1 cm³/mol. The third-order valence-electron chi connectivity index (χ3n) is 4.62. The standard InChI is InChI=1S/C18H26N4O/c1-14-8-10-21(11-9-14)18(23)13-22-16-7-5-4-6-15(16)19-17(22)12-20(2)3/h4-7,14H,8-13H2,1-3H3. The number of piperidine rings is 1. The number of rotatable bonds is 4. The van der Waals surface area contributed by atoms with E-state index in [1.807, 2.05) is 43.3 Å². The first kappa shape index (κ1) is 16.0. The first-order valence-electron chi connectivity index (χ1n) is 8.41. The second kappa shape index (κ2) is 6.71. The highest BCUT2D eigenvalue weighted by Gasteiger charge is 2.22. The van der Waals surface area contributed by atoms with Crippen LogP contribution >= 0.6 is 0 Å². The van der Waals surface area contributed by atoms with Gasteiger partial charge in [-0.25, -0.2) is 4.98 Å². The second-order valence-electron chi connectivity index (χ2n) is 6.90. The lowest BCUT2D eigenvalue weighted by atomic mass is 9.99. The van der Waals surface area contributed by atoms with Crippen LogP contribution in [-0.2, 0) is 17.9 Å². The summed E-state index contributed by atoms with van der Waals surface area (Å²) in [5, 5.41) is 0. The zero-order chi connectivity index (χ0) is 16.4. The number of fused-ring (bicyclic) bond motifs is 1. The number of imidazole rings is 1. The summed E-state index contributed by atoms with van der Waals surface area (Å²) in [5.41, 5.74) is 2.01. The zero-order valence-corrected chi connectivity index (χ0v) is 14.3. The van der Waals surface area contributed by atoms with E-state index < -0.39 is 0 Å². The van der Waals surface area contributed by atoms with Crippen molar-refractivity contribution in [1.82, 2.24) is 19.4 Å². The van der Waals surface area contributed by atoms with E-state index in [-0.39, 0.29) is 5.91 Å². The second-order valence-corrected chi connectivity index (χ2v) is 6.90. The highest BCUT2D eigenvalue weighted by Crippen LogP contribution is 2.19. The van der Waals surface area contributed by atoms with Gasteiger partial charge in [0.1, 0.15) is 12.4 Å². The molecule has 0 saturated carbocycles. The van der Waals surface area contributed by atoms with E-state index >= 15 is 0 Å². The highest BCUT2D eigenvalue weighted by atomic mass is 16.2. The average molecular weight is 314 g/mol. The van der Waals surface area contributed by atoms with Crippen LogP contribution in [0, 0.1) is 5.92 Å². The van der Waals surface area contributed by atoms with E-state index in [0.717, 1.165) is 55.3 Å². The van der Waals surface area contributed by atoms with Gasteiger partial charge < -0.3 is 14.4 Å². The van der Waals surface area contributed by atoms with Crippen LogP contribution in [0.1, 0.15) is 25.6 Å². The summed E-state index contributed by atoms with van der Waals surface area (Å²) in [6.45, 7) is 5.16. The largest absolute Gasteiger partial charge is 0.341 e. The van der Waals surface area contributed by atoms with E-state index in [2.05, 4.69) is 16.4 Å². The maximum absolute atomic E-state index is 12.7. The van der Waals surface area contributed by atoms with Crippen LogP contribution in [0.25, 0.3) is 11.0 Å². The number of amides is 1. The van der Waals surface area contributed by atoms with Gasteiger partial charge in [-0.15, -0.1) is 0 Å². The molecule has 0 atom stereocenters. The average Bonchev–Trinajstić information content (AvgIpc) is 2.85. The molecule has 1 aliphatic heterocycles. The Morgan fingerprint density at radius 2 is 1.96 bits per heavy atom. The highest BCUT2D eigenvalue weighted by molar-refractivity contribution is 5.81. The molecule has 0 spiro atoms. The molecule has 1 aromatic heterocycles. The molecule has 5 nitrogen and oxygen atoms in total. The quantitative estimate of drug-likeness (QED) is 0.870. The number of para-hydroxylation sites is 2. The Morgan fingerprint density at radius 1 is 1.26 bits per heavy atom. The number of nitrogens with zero attached hydrogens (tertiary/aromatic N) is 4. The van der Waals surface area contributed by atoms with Gasteiger partial charge in [0.05, 0.1) is 17.6 Å². The number of hydrogen-bond acceptors (Lipinski definition) is 3. The van der Waals surface area contributed by atoms with Gasteiger partial charge in [0.15, 0.2) is 0 Å². The van der Waals surface area contributed by atoms with Crippen LogP contribution in [-0.4, -0.2) is 52.4 Å². The van der Waals surface area contributed by atoms with E-state index in [9.17, 15) is 4.79 Å². The van der Waals surface area contributed by atoms with Crippen molar-refractivity contribution in [3.05, 3.63) is 30.1 Å². The molecule has 2 heterocycles. The van der Waals surface area contributed by atoms with Crippen LogP contribution in [0.3, 0.4) is 0 Å². The number of benzene rings is 1. The molecule has 0 N–H and O–H groups in total. The predicted octanol–water partition coefficient (Wildman–Crippen LogP) is 2.36. The van der Waals surface area contributed by atoms with Crippen molar-refractivity contribution in [3.63, 3.8) is 0 Å². The summed E-state index contributed by atoms with van der Waals surface area (Å²) in [6.07, 6.45) is 2.22. The molecule has 23 heavy (non-hydrogen) atoms. The lowest BCUT2D eigenvalue weighted by molar-refractivity contribution is -0.133. The molecule has 1 saturated heterocycles. The van der Waals surface area contributed by atoms with Gasteiger partial charge in [0.25, 0.3) is 0 Å². The first-order valence-corrected chi connectivity index (χ1v) is 8.41. The summed E-state index contributed by atoms with van der Waals surface area (Å²) in [7, 11) is 4.05. The molecular formula is C18H26N4O. The Morgan fingerprint density at radius 3 is 2.65 bits per heavy atom. The topological polar surface area (TPSA) is 41.4 Å². The Hall–Kier alpha value is -1.88. The Bertz CT molecular complexity index is 683. The normalized spacial score (nSPS) is 16.4. The Kier molecular flexibility index (Phi) is 4.66. The van der Waals surface area contributed by atoms with Crippen LogP contribution in [0.15, 0.2) is 24.3 Å². The molecule has 0 unspecified atom stereocenters. The molecule has 0 radical (unpaired) electrons. The molecule has 2 aromatic rings. The molecule has 3 rings (SSSR count). The third-order valence-corrected chi connectivity index (χ3v) is 4.62. The van der Waals surface area contributed by atoms with Crippen LogP contribution < -0.4 is 0 Å². The van der Waals surface area contributed by atoms with Crippen molar-refractivity contribution in [2.45, 2.75) is 32.9 Å². The fourth-order valence-corrected chi connectivity index (χ4v) is 3.20. The summed E-state index contributed by atoms with van der Waals surface area (Å²) in [4.78, 5) is 21.5. The maximum atomic E-state index is 12.7. The van der Waals surface area contributed by atoms with Crippen molar-refractivity contribution < 1.29 is 4.79 Å². The fourth-order valence-electron chi connectivity index (χ4n) is 3.20. The lowest BCUT2D eigenvalue weighted by Crippen LogP contribution is -2.40. The van der Waals surface area contributed by atoms with Gasteiger partial charge in [0.2, 0.25) is 5.91 Å². The van der Waals surface area contributed by atoms with Crippen LogP contribution in [0.4, 0.5) is 0 Å². The van der Waals surface area contributed by atoms with Crippen molar-refractivity contribution >= 4 is 16.9 Å². The SMILES string of the molecule is CC1CCN(C(=O)Cn2c(CN(C)C)nc3ccccc32)CC1. The van der Waals surface area contributed by atoms with E-state index in [4.69, 9.17) is 4.98 Å². The molecule has 0 aliphatic carbocycles.